The Kier molecular flexibility index (Phi) is 3.53. The number of hydrogen-bond donors (Lipinski definition) is 1. The van der Waals surface area contributed by atoms with Gasteiger partial charge in [-0.1, -0.05) is 17.4 Å². The molecule has 1 aromatic carbocycles. The van der Waals surface area contributed by atoms with Crippen LogP contribution in [0.25, 0.3) is 10.2 Å². The molecule has 5 nitrogen and oxygen atoms in total. The lowest BCUT2D eigenvalue weighted by Crippen LogP contribution is -2.27. The van der Waals surface area contributed by atoms with E-state index in [0.29, 0.717) is 16.2 Å². The molecule has 6 heteroatoms. The summed E-state index contributed by atoms with van der Waals surface area (Å²) in [4.78, 5) is 26.7. The number of aromatic nitrogens is 1. The largest absolute Gasteiger partial charge is 0.444 e. The molecule has 1 aromatic heterocycles. The molecule has 0 saturated heterocycles. The van der Waals surface area contributed by atoms with Crippen molar-refractivity contribution in [3.63, 3.8) is 0 Å². The van der Waals surface area contributed by atoms with Gasteiger partial charge in [0.25, 0.3) is 0 Å². The monoisotopic (exact) mass is 278 g/mol. The fraction of sp³-hybridized carbons (Fsp3) is 0.308. The first-order chi connectivity index (χ1) is 8.89. The normalized spacial score (nSPS) is 11.3. The van der Waals surface area contributed by atoms with Crippen LogP contribution in [0.4, 0.5) is 9.93 Å². The quantitative estimate of drug-likeness (QED) is 0.854. The smallest absolute Gasteiger partial charge is 0.413 e. The summed E-state index contributed by atoms with van der Waals surface area (Å²) < 4.78 is 5.98. The van der Waals surface area contributed by atoms with Gasteiger partial charge in [-0.05, 0) is 32.9 Å². The van der Waals surface area contributed by atoms with Gasteiger partial charge in [-0.15, -0.1) is 0 Å². The minimum absolute atomic E-state index is 0.415. The van der Waals surface area contributed by atoms with E-state index in [0.717, 1.165) is 11.0 Å². The molecule has 0 radical (unpaired) electrons. The highest BCUT2D eigenvalue weighted by molar-refractivity contribution is 7.22. The molecule has 0 saturated carbocycles. The fourth-order valence-corrected chi connectivity index (χ4v) is 2.40. The molecule has 0 aliphatic carbocycles. The van der Waals surface area contributed by atoms with Crippen LogP contribution in [0.3, 0.4) is 0 Å². The van der Waals surface area contributed by atoms with Gasteiger partial charge < -0.3 is 4.74 Å². The number of hydrogen-bond acceptors (Lipinski definition) is 5. The van der Waals surface area contributed by atoms with Crippen molar-refractivity contribution in [1.29, 1.82) is 0 Å². The number of para-hydroxylation sites is 1. The zero-order valence-corrected chi connectivity index (χ0v) is 11.7. The van der Waals surface area contributed by atoms with Gasteiger partial charge in [0.1, 0.15) is 5.60 Å². The van der Waals surface area contributed by atoms with Crippen LogP contribution in [0, 0.1) is 0 Å². The van der Waals surface area contributed by atoms with Gasteiger partial charge in [-0.25, -0.2) is 9.78 Å². The lowest BCUT2D eigenvalue weighted by atomic mass is 10.2. The zero-order chi connectivity index (χ0) is 14.0. The van der Waals surface area contributed by atoms with Crippen molar-refractivity contribution in [3.8, 4) is 0 Å². The molecule has 0 atom stereocenters. The highest BCUT2D eigenvalue weighted by Crippen LogP contribution is 2.27. The minimum Gasteiger partial charge on any atom is -0.444 e. The minimum atomic E-state index is -0.561. The van der Waals surface area contributed by atoms with E-state index >= 15 is 0 Å². The summed E-state index contributed by atoms with van der Waals surface area (Å²) in [6.45, 7) is 5.36. The number of anilines is 1. The number of thiazole rings is 1. The van der Waals surface area contributed by atoms with Crippen LogP contribution >= 0.6 is 11.3 Å². The van der Waals surface area contributed by atoms with Gasteiger partial charge in [-0.2, -0.15) is 0 Å². The first kappa shape index (κ1) is 13.5. The molecule has 0 fully saturated rings. The average Bonchev–Trinajstić information content (AvgIpc) is 2.67. The van der Waals surface area contributed by atoms with Crippen molar-refractivity contribution in [2.45, 2.75) is 26.4 Å². The predicted octanol–water partition coefficient (Wildman–Crippen LogP) is 3.46. The molecular weight excluding hydrogens is 264 g/mol. The number of rotatable bonds is 2. The van der Waals surface area contributed by atoms with Crippen LogP contribution in [-0.2, 0) is 4.74 Å². The Balaban J connectivity index is 2.23. The van der Waals surface area contributed by atoms with E-state index in [9.17, 15) is 9.59 Å². The Morgan fingerprint density at radius 1 is 1.42 bits per heavy atom. The summed E-state index contributed by atoms with van der Waals surface area (Å²) in [6.07, 6.45) is 0.193. The number of ether oxygens (including phenoxy) is 1. The fourth-order valence-electron chi connectivity index (χ4n) is 1.51. The van der Waals surface area contributed by atoms with Crippen LogP contribution in [0.1, 0.15) is 31.1 Å². The van der Waals surface area contributed by atoms with Gasteiger partial charge in [0.15, 0.2) is 11.4 Å². The second kappa shape index (κ2) is 4.97. The number of nitrogens with one attached hydrogen (secondary N) is 1. The molecule has 1 heterocycles. The lowest BCUT2D eigenvalue weighted by Gasteiger charge is -2.18. The number of carbonyl (C=O) groups is 2. The Morgan fingerprint density at radius 3 is 2.79 bits per heavy atom. The Labute approximate surface area is 114 Å². The van der Waals surface area contributed by atoms with E-state index in [1.807, 2.05) is 6.07 Å². The summed E-state index contributed by atoms with van der Waals surface area (Å²) in [5.41, 5.74) is 0.536. The zero-order valence-electron chi connectivity index (χ0n) is 10.9. The third-order valence-electron chi connectivity index (χ3n) is 2.19. The van der Waals surface area contributed by atoms with Crippen LogP contribution in [-0.4, -0.2) is 23.0 Å². The molecule has 1 amide bonds. The average molecular weight is 278 g/mol. The second-order valence-electron chi connectivity index (χ2n) is 4.96. The van der Waals surface area contributed by atoms with Crippen molar-refractivity contribution in [2.24, 2.45) is 0 Å². The molecule has 0 bridgehead atoms. The van der Waals surface area contributed by atoms with E-state index in [1.54, 1.807) is 32.9 Å². The van der Waals surface area contributed by atoms with Gasteiger partial charge >= 0.3 is 6.09 Å². The topological polar surface area (TPSA) is 68.3 Å². The molecule has 0 unspecified atom stereocenters. The number of amides is 1. The third kappa shape index (κ3) is 3.29. The van der Waals surface area contributed by atoms with Gasteiger partial charge in [0, 0.05) is 5.56 Å². The number of nitrogens with zero attached hydrogens (tertiary/aromatic N) is 1. The summed E-state index contributed by atoms with van der Waals surface area (Å²) in [5, 5.41) is 2.98. The van der Waals surface area contributed by atoms with Crippen molar-refractivity contribution in [1.82, 2.24) is 4.98 Å². The van der Waals surface area contributed by atoms with E-state index < -0.39 is 11.7 Å². The molecule has 1 N–H and O–H groups in total. The molecule has 100 valence electrons. The van der Waals surface area contributed by atoms with E-state index in [4.69, 9.17) is 4.74 Å². The van der Waals surface area contributed by atoms with Crippen LogP contribution in [0.15, 0.2) is 18.2 Å². The van der Waals surface area contributed by atoms with Crippen LogP contribution in [0.2, 0.25) is 0 Å². The number of benzene rings is 1. The first-order valence-corrected chi connectivity index (χ1v) is 6.55. The van der Waals surface area contributed by atoms with E-state index in [-0.39, 0.29) is 0 Å². The Hall–Kier alpha value is -1.95. The molecule has 0 aliphatic rings. The summed E-state index contributed by atoms with van der Waals surface area (Å²) in [6, 6.07) is 5.31. The van der Waals surface area contributed by atoms with E-state index in [2.05, 4.69) is 10.3 Å². The van der Waals surface area contributed by atoms with E-state index in [1.165, 1.54) is 11.3 Å². The molecule has 0 aliphatic heterocycles. The Bertz CT molecular complexity index is 628. The molecular formula is C13H14N2O3S. The molecule has 2 aromatic rings. The maximum atomic E-state index is 11.6. The van der Waals surface area contributed by atoms with Crippen molar-refractivity contribution in [3.05, 3.63) is 23.8 Å². The molecule has 19 heavy (non-hydrogen) atoms. The van der Waals surface area contributed by atoms with Crippen LogP contribution in [0.5, 0.6) is 0 Å². The predicted molar refractivity (Wildman–Crippen MR) is 74.9 cm³/mol. The second-order valence-corrected chi connectivity index (χ2v) is 5.99. The maximum absolute atomic E-state index is 11.6. The number of aldehydes is 1. The van der Waals surface area contributed by atoms with Crippen molar-refractivity contribution >= 4 is 39.1 Å². The van der Waals surface area contributed by atoms with Gasteiger partial charge in [-0.3, -0.25) is 10.1 Å². The van der Waals surface area contributed by atoms with Crippen LogP contribution < -0.4 is 5.32 Å². The summed E-state index contributed by atoms with van der Waals surface area (Å²) >= 11 is 1.30. The SMILES string of the molecule is CC(C)(C)OC(=O)Nc1nc2c(C=O)cccc2s1. The number of carbonyl (C=O) groups excluding carboxylic acids is 2. The van der Waals surface area contributed by atoms with Crippen molar-refractivity contribution < 1.29 is 14.3 Å². The standard InChI is InChI=1S/C13H14N2O3S/c1-13(2,3)18-12(17)15-11-14-10-8(7-16)5-4-6-9(10)19-11/h4-7H,1-3H3,(H,14,15,17). The third-order valence-corrected chi connectivity index (χ3v) is 3.12. The number of fused-ring (bicyclic) bond motifs is 1. The first-order valence-electron chi connectivity index (χ1n) is 5.74. The van der Waals surface area contributed by atoms with Gasteiger partial charge in [0.05, 0.1) is 10.2 Å². The highest BCUT2D eigenvalue weighted by atomic mass is 32.1. The Morgan fingerprint density at radius 2 is 2.16 bits per heavy atom. The van der Waals surface area contributed by atoms with Crippen molar-refractivity contribution in [2.75, 3.05) is 5.32 Å². The summed E-state index contributed by atoms with van der Waals surface area (Å²) in [5.74, 6) is 0. The van der Waals surface area contributed by atoms with Gasteiger partial charge in [0.2, 0.25) is 0 Å². The maximum Gasteiger partial charge on any atom is 0.413 e. The highest BCUT2D eigenvalue weighted by Gasteiger charge is 2.17. The molecule has 0 spiro atoms. The lowest BCUT2D eigenvalue weighted by molar-refractivity contribution is 0.0636. The molecule has 2 rings (SSSR count). The summed E-state index contributed by atoms with van der Waals surface area (Å²) in [7, 11) is 0.